The van der Waals surface area contributed by atoms with Gasteiger partial charge >= 0.3 is 6.01 Å². The summed E-state index contributed by atoms with van der Waals surface area (Å²) in [7, 11) is 0. The Balaban J connectivity index is 1.38. The predicted molar refractivity (Wildman–Crippen MR) is 156 cm³/mol. The minimum absolute atomic E-state index is 0.0710. The van der Waals surface area contributed by atoms with Crippen molar-refractivity contribution in [2.75, 3.05) is 37.7 Å². The van der Waals surface area contributed by atoms with Crippen LogP contribution in [0.25, 0.3) is 32.9 Å². The Morgan fingerprint density at radius 2 is 2.00 bits per heavy atom. The van der Waals surface area contributed by atoms with Gasteiger partial charge in [-0.05, 0) is 55.8 Å². The van der Waals surface area contributed by atoms with Crippen molar-refractivity contribution >= 4 is 27.5 Å². The number of anilines is 1. The van der Waals surface area contributed by atoms with Gasteiger partial charge in [-0.2, -0.15) is 9.97 Å². The number of phenols is 1. The fraction of sp³-hybridized carbons (Fsp3) is 0.406. The third kappa shape index (κ3) is 4.69. The number of nitrogens with zero attached hydrogens (tertiary/aromatic N) is 5. The molecule has 3 saturated heterocycles. The van der Waals surface area contributed by atoms with Gasteiger partial charge in [-0.3, -0.25) is 9.88 Å². The molecule has 0 radical (unpaired) electrons. The molecule has 0 spiro atoms. The van der Waals surface area contributed by atoms with E-state index >= 15 is 4.39 Å². The monoisotopic (exact) mass is 589 g/mol. The molecular weight excluding hydrogens is 559 g/mol. The number of halogens is 3. The summed E-state index contributed by atoms with van der Waals surface area (Å²) >= 11 is 0. The van der Waals surface area contributed by atoms with Crippen LogP contribution in [-0.2, 0) is 0 Å². The van der Waals surface area contributed by atoms with Crippen LogP contribution in [0.3, 0.4) is 0 Å². The largest absolute Gasteiger partial charge is 0.508 e. The van der Waals surface area contributed by atoms with E-state index in [4.69, 9.17) is 11.2 Å². The lowest BCUT2D eigenvalue weighted by atomic mass is 9.95. The fourth-order valence-corrected chi connectivity index (χ4v) is 7.06. The first-order chi connectivity index (χ1) is 20.8. The van der Waals surface area contributed by atoms with Crippen molar-refractivity contribution in [2.24, 2.45) is 0 Å². The van der Waals surface area contributed by atoms with E-state index in [1.54, 1.807) is 0 Å². The number of piperidine rings is 1. The number of aromatic nitrogens is 3. The van der Waals surface area contributed by atoms with Gasteiger partial charge in [-0.25, -0.2) is 13.2 Å². The molecule has 3 aliphatic heterocycles. The van der Waals surface area contributed by atoms with E-state index in [0.29, 0.717) is 48.9 Å². The predicted octanol–water partition coefficient (Wildman–Crippen LogP) is 4.73. The zero-order chi connectivity index (χ0) is 29.9. The Labute approximate surface area is 246 Å². The third-order valence-electron chi connectivity index (χ3n) is 9.02. The van der Waals surface area contributed by atoms with Gasteiger partial charge in [0.2, 0.25) is 0 Å². The number of terminal acetylenes is 1. The lowest BCUT2D eigenvalue weighted by Gasteiger charge is -2.32. The SMILES string of the molecule is C#Cc1c(F)ccc2cc(O)cc(-c3ncc4c(N5CCC[C@H](O)C5)nc(OC[C@@]56CCCN5C[C@H](F)C6)nc4c3F)c12. The van der Waals surface area contributed by atoms with Crippen LogP contribution in [0.15, 0.2) is 30.5 Å². The Morgan fingerprint density at radius 3 is 2.81 bits per heavy atom. The molecule has 0 aliphatic carbocycles. The number of benzene rings is 2. The van der Waals surface area contributed by atoms with Gasteiger partial charge < -0.3 is 19.8 Å². The minimum Gasteiger partial charge on any atom is -0.508 e. The van der Waals surface area contributed by atoms with E-state index in [1.807, 2.05) is 4.90 Å². The molecule has 7 rings (SSSR count). The van der Waals surface area contributed by atoms with E-state index in [1.165, 1.54) is 30.5 Å². The van der Waals surface area contributed by atoms with Crippen LogP contribution in [0, 0.1) is 24.0 Å². The molecule has 0 amide bonds. The molecule has 0 bridgehead atoms. The summed E-state index contributed by atoms with van der Waals surface area (Å²) in [5.41, 5.74) is -0.695. The standard InChI is InChI=1S/C32H30F3N5O3/c1-2-22-25(34)7-6-18-11-21(42)12-23(26(18)22)28-27(35)29-24(14-36-28)30(39-9-3-5-20(41)16-39)38-31(37-29)43-17-32-8-4-10-40(32)15-19(33)13-32/h1,6-7,11-12,14,19-20,41-42H,3-5,8-10,13,15-17H2/t19-,20+,32+/m1/s1. The summed E-state index contributed by atoms with van der Waals surface area (Å²) in [6, 6.07) is 5.29. The maximum atomic E-state index is 16.6. The van der Waals surface area contributed by atoms with Gasteiger partial charge in [0, 0.05) is 43.2 Å². The van der Waals surface area contributed by atoms with Crippen LogP contribution in [0.1, 0.15) is 37.7 Å². The zero-order valence-electron chi connectivity index (χ0n) is 23.4. The molecule has 11 heteroatoms. The van der Waals surface area contributed by atoms with Crippen molar-refractivity contribution in [1.29, 1.82) is 0 Å². The van der Waals surface area contributed by atoms with Crippen LogP contribution in [0.4, 0.5) is 19.0 Å². The number of rotatable bonds is 5. The number of alkyl halides is 1. The molecule has 4 aromatic rings. The second kappa shape index (κ2) is 10.5. The molecule has 222 valence electrons. The maximum absolute atomic E-state index is 16.6. The molecule has 3 atom stereocenters. The van der Waals surface area contributed by atoms with Gasteiger partial charge in [-0.15, -0.1) is 6.42 Å². The molecule has 5 heterocycles. The number of phenolic OH excluding ortho intramolecular Hbond substituents is 1. The first-order valence-electron chi connectivity index (χ1n) is 14.5. The van der Waals surface area contributed by atoms with Crippen LogP contribution in [-0.4, -0.2) is 80.7 Å². The van der Waals surface area contributed by atoms with Crippen molar-refractivity contribution in [1.82, 2.24) is 19.9 Å². The van der Waals surface area contributed by atoms with E-state index in [2.05, 4.69) is 25.8 Å². The van der Waals surface area contributed by atoms with E-state index in [9.17, 15) is 19.0 Å². The minimum atomic E-state index is -0.937. The van der Waals surface area contributed by atoms with E-state index in [-0.39, 0.29) is 52.6 Å². The summed E-state index contributed by atoms with van der Waals surface area (Å²) < 4.78 is 51.8. The van der Waals surface area contributed by atoms with Gasteiger partial charge in [-0.1, -0.05) is 12.0 Å². The number of fused-ring (bicyclic) bond motifs is 3. The number of ether oxygens (including phenoxy) is 1. The molecule has 8 nitrogen and oxygen atoms in total. The molecule has 0 saturated carbocycles. The molecule has 2 aromatic heterocycles. The average Bonchev–Trinajstić information content (AvgIpc) is 3.51. The van der Waals surface area contributed by atoms with Gasteiger partial charge in [0.25, 0.3) is 0 Å². The Morgan fingerprint density at radius 1 is 1.14 bits per heavy atom. The third-order valence-corrected chi connectivity index (χ3v) is 9.02. The fourth-order valence-electron chi connectivity index (χ4n) is 7.06. The highest BCUT2D eigenvalue weighted by atomic mass is 19.1. The first-order valence-corrected chi connectivity index (χ1v) is 14.5. The van der Waals surface area contributed by atoms with Gasteiger partial charge in [0.05, 0.1) is 22.6 Å². The van der Waals surface area contributed by atoms with Crippen LogP contribution < -0.4 is 9.64 Å². The Bertz CT molecular complexity index is 1800. The highest BCUT2D eigenvalue weighted by Crippen LogP contribution is 2.42. The van der Waals surface area contributed by atoms with E-state index < -0.39 is 29.4 Å². The number of β-amino-alcohol motifs (C(OH)–C–C–N with tert-alkyl or cyclic N) is 1. The average molecular weight is 590 g/mol. The summed E-state index contributed by atoms with van der Waals surface area (Å²) in [4.78, 5) is 17.5. The number of pyridine rings is 1. The number of aromatic hydroxyl groups is 1. The van der Waals surface area contributed by atoms with Crippen molar-refractivity contribution in [3.63, 3.8) is 0 Å². The summed E-state index contributed by atoms with van der Waals surface area (Å²) in [5.74, 6) is 1.05. The Hall–Kier alpha value is -4.14. The van der Waals surface area contributed by atoms with Crippen LogP contribution >= 0.6 is 0 Å². The maximum Gasteiger partial charge on any atom is 0.319 e. The van der Waals surface area contributed by atoms with Crippen LogP contribution in [0.2, 0.25) is 0 Å². The number of aliphatic hydroxyl groups is 1. The normalized spacial score (nSPS) is 24.0. The smallest absolute Gasteiger partial charge is 0.319 e. The molecule has 2 aromatic carbocycles. The van der Waals surface area contributed by atoms with Gasteiger partial charge in [0.1, 0.15) is 41.4 Å². The molecule has 0 unspecified atom stereocenters. The second-order valence-corrected chi connectivity index (χ2v) is 11.8. The van der Waals surface area contributed by atoms with Crippen molar-refractivity contribution in [3.05, 3.63) is 47.7 Å². The second-order valence-electron chi connectivity index (χ2n) is 11.8. The van der Waals surface area contributed by atoms with Crippen LogP contribution in [0.5, 0.6) is 11.8 Å². The molecular formula is C32H30F3N5O3. The number of hydrogen-bond acceptors (Lipinski definition) is 8. The molecule has 3 fully saturated rings. The first kappa shape index (κ1) is 27.7. The van der Waals surface area contributed by atoms with Crippen molar-refractivity contribution < 1.29 is 28.1 Å². The summed E-state index contributed by atoms with van der Waals surface area (Å²) in [5, 5.41) is 21.8. The van der Waals surface area contributed by atoms with Crippen molar-refractivity contribution in [2.45, 2.75) is 49.9 Å². The Kier molecular flexibility index (Phi) is 6.78. The van der Waals surface area contributed by atoms with E-state index in [0.717, 1.165) is 19.4 Å². The lowest BCUT2D eigenvalue weighted by molar-refractivity contribution is 0.107. The molecule has 43 heavy (non-hydrogen) atoms. The highest BCUT2D eigenvalue weighted by molar-refractivity contribution is 6.03. The molecule has 2 N–H and O–H groups in total. The lowest BCUT2D eigenvalue weighted by Crippen LogP contribution is -2.43. The number of aliphatic hydroxyl groups excluding tert-OH is 1. The quantitative estimate of drug-likeness (QED) is 0.323. The molecule has 3 aliphatic rings. The zero-order valence-corrected chi connectivity index (χ0v) is 23.4. The summed E-state index contributed by atoms with van der Waals surface area (Å²) in [6.45, 7) is 2.18. The van der Waals surface area contributed by atoms with Gasteiger partial charge in [0.15, 0.2) is 5.82 Å². The number of hydrogen-bond donors (Lipinski definition) is 2. The summed E-state index contributed by atoms with van der Waals surface area (Å²) in [6.07, 6.45) is 8.98. The topological polar surface area (TPSA) is 94.8 Å². The highest BCUT2D eigenvalue weighted by Gasteiger charge is 2.49. The van der Waals surface area contributed by atoms with Crippen molar-refractivity contribution in [3.8, 4) is 35.4 Å².